The first-order valence-corrected chi connectivity index (χ1v) is 6.62. The summed E-state index contributed by atoms with van der Waals surface area (Å²) < 4.78 is 5.52. The molecule has 17 heavy (non-hydrogen) atoms. The van der Waals surface area contributed by atoms with Crippen LogP contribution in [-0.2, 0) is 0 Å². The fraction of sp³-hybridized carbons (Fsp3) is 0.231. The molecule has 0 aliphatic carbocycles. The van der Waals surface area contributed by atoms with Gasteiger partial charge in [-0.1, -0.05) is 29.8 Å². The monoisotopic (exact) mass is 268 g/mol. The average Bonchev–Trinajstić information content (AvgIpc) is 2.77. The van der Waals surface area contributed by atoms with Gasteiger partial charge >= 0.3 is 0 Å². The normalized spacial score (nSPS) is 12.4. The Morgan fingerprint density at radius 3 is 2.65 bits per heavy atom. The fourth-order valence-corrected chi connectivity index (χ4v) is 2.68. The van der Waals surface area contributed by atoms with Gasteiger partial charge in [0.25, 0.3) is 0 Å². The Morgan fingerprint density at radius 2 is 2.00 bits per heavy atom. The summed E-state index contributed by atoms with van der Waals surface area (Å²) in [5.41, 5.74) is 0. The number of halogens is 1. The standard InChI is InChI=1S/C13H13ClO2S/c14-11-7-9-17-13(11)12(15)6-8-16-10-4-2-1-3-5-10/h1-5,7,9,12,15H,6,8H2. The molecule has 4 heteroatoms. The molecular weight excluding hydrogens is 256 g/mol. The zero-order chi connectivity index (χ0) is 12.1. The molecule has 0 aliphatic heterocycles. The molecule has 0 fully saturated rings. The molecule has 1 heterocycles. The Bertz CT molecular complexity index is 455. The van der Waals surface area contributed by atoms with Crippen LogP contribution in [-0.4, -0.2) is 11.7 Å². The second-order valence-electron chi connectivity index (χ2n) is 3.60. The molecule has 2 aromatic rings. The van der Waals surface area contributed by atoms with Crippen molar-refractivity contribution >= 4 is 22.9 Å². The topological polar surface area (TPSA) is 29.5 Å². The second-order valence-corrected chi connectivity index (χ2v) is 4.95. The van der Waals surface area contributed by atoms with E-state index in [1.807, 2.05) is 35.7 Å². The Morgan fingerprint density at radius 1 is 1.24 bits per heavy atom. The molecule has 0 saturated heterocycles. The minimum atomic E-state index is -0.550. The van der Waals surface area contributed by atoms with Crippen molar-refractivity contribution in [3.8, 4) is 5.75 Å². The predicted molar refractivity (Wildman–Crippen MR) is 70.8 cm³/mol. The van der Waals surface area contributed by atoms with E-state index < -0.39 is 6.10 Å². The molecule has 2 rings (SSSR count). The largest absolute Gasteiger partial charge is 0.493 e. The van der Waals surface area contributed by atoms with Crippen molar-refractivity contribution in [2.24, 2.45) is 0 Å². The number of aliphatic hydroxyl groups is 1. The minimum absolute atomic E-state index is 0.472. The highest BCUT2D eigenvalue weighted by Crippen LogP contribution is 2.30. The van der Waals surface area contributed by atoms with E-state index in [0.717, 1.165) is 10.6 Å². The minimum Gasteiger partial charge on any atom is -0.493 e. The third kappa shape index (κ3) is 3.46. The first kappa shape index (κ1) is 12.4. The maximum Gasteiger partial charge on any atom is 0.119 e. The van der Waals surface area contributed by atoms with Gasteiger partial charge in [-0.3, -0.25) is 0 Å². The molecule has 1 N–H and O–H groups in total. The second kappa shape index (κ2) is 6.05. The lowest BCUT2D eigenvalue weighted by atomic mass is 10.2. The van der Waals surface area contributed by atoms with Gasteiger partial charge in [0.15, 0.2) is 0 Å². The zero-order valence-corrected chi connectivity index (χ0v) is 10.7. The smallest absolute Gasteiger partial charge is 0.119 e. The summed E-state index contributed by atoms with van der Waals surface area (Å²) in [4.78, 5) is 0.809. The number of rotatable bonds is 5. The lowest BCUT2D eigenvalue weighted by Gasteiger charge is -2.10. The van der Waals surface area contributed by atoms with E-state index >= 15 is 0 Å². The zero-order valence-electron chi connectivity index (χ0n) is 9.17. The van der Waals surface area contributed by atoms with Gasteiger partial charge in [0.2, 0.25) is 0 Å². The van der Waals surface area contributed by atoms with Gasteiger partial charge in [-0.15, -0.1) is 11.3 Å². The first-order chi connectivity index (χ1) is 8.27. The molecular formula is C13H13ClO2S. The SMILES string of the molecule is OC(CCOc1ccccc1)c1sccc1Cl. The van der Waals surface area contributed by atoms with E-state index in [1.165, 1.54) is 11.3 Å². The molecule has 1 atom stereocenters. The van der Waals surface area contributed by atoms with Crippen molar-refractivity contribution in [2.75, 3.05) is 6.61 Å². The van der Waals surface area contributed by atoms with Crippen LogP contribution in [0.15, 0.2) is 41.8 Å². The van der Waals surface area contributed by atoms with Crippen molar-refractivity contribution < 1.29 is 9.84 Å². The van der Waals surface area contributed by atoms with E-state index in [1.54, 1.807) is 6.07 Å². The number of hydrogen-bond acceptors (Lipinski definition) is 3. The molecule has 90 valence electrons. The van der Waals surface area contributed by atoms with Crippen LogP contribution in [0.25, 0.3) is 0 Å². The van der Waals surface area contributed by atoms with Gasteiger partial charge in [-0.25, -0.2) is 0 Å². The highest BCUT2D eigenvalue weighted by molar-refractivity contribution is 7.10. The van der Waals surface area contributed by atoms with E-state index in [4.69, 9.17) is 16.3 Å². The Kier molecular flexibility index (Phi) is 4.42. The van der Waals surface area contributed by atoms with Crippen molar-refractivity contribution in [2.45, 2.75) is 12.5 Å². The maximum absolute atomic E-state index is 9.91. The molecule has 0 amide bonds. The Labute approximate surface area is 109 Å². The van der Waals surface area contributed by atoms with E-state index in [-0.39, 0.29) is 0 Å². The summed E-state index contributed by atoms with van der Waals surface area (Å²) in [5.74, 6) is 0.817. The summed E-state index contributed by atoms with van der Waals surface area (Å²) in [6.45, 7) is 0.472. The summed E-state index contributed by atoms with van der Waals surface area (Å²) in [6, 6.07) is 11.4. The molecule has 1 aromatic carbocycles. The third-order valence-electron chi connectivity index (χ3n) is 2.35. The van der Waals surface area contributed by atoms with Crippen molar-refractivity contribution in [3.05, 3.63) is 51.7 Å². The van der Waals surface area contributed by atoms with Crippen LogP contribution in [0.2, 0.25) is 5.02 Å². The number of thiophene rings is 1. The fourth-order valence-electron chi connectivity index (χ4n) is 1.48. The maximum atomic E-state index is 9.91. The lowest BCUT2D eigenvalue weighted by molar-refractivity contribution is 0.144. The molecule has 1 aromatic heterocycles. The van der Waals surface area contributed by atoms with Gasteiger partial charge in [-0.2, -0.15) is 0 Å². The third-order valence-corrected chi connectivity index (χ3v) is 3.81. The first-order valence-electron chi connectivity index (χ1n) is 5.36. The number of benzene rings is 1. The van der Waals surface area contributed by atoms with E-state index in [9.17, 15) is 5.11 Å². The average molecular weight is 269 g/mol. The highest BCUT2D eigenvalue weighted by Gasteiger charge is 2.12. The highest BCUT2D eigenvalue weighted by atomic mass is 35.5. The lowest BCUT2D eigenvalue weighted by Crippen LogP contribution is -2.04. The molecule has 0 spiro atoms. The number of ether oxygens (including phenoxy) is 1. The molecule has 0 bridgehead atoms. The summed E-state index contributed by atoms with van der Waals surface area (Å²) >= 11 is 7.41. The molecule has 0 aliphatic rings. The van der Waals surface area contributed by atoms with Crippen LogP contribution in [0.1, 0.15) is 17.4 Å². The van der Waals surface area contributed by atoms with Crippen LogP contribution in [0.3, 0.4) is 0 Å². The van der Waals surface area contributed by atoms with Gasteiger partial charge < -0.3 is 9.84 Å². The summed E-state index contributed by atoms with van der Waals surface area (Å²) in [5, 5.41) is 12.4. The summed E-state index contributed by atoms with van der Waals surface area (Å²) in [7, 11) is 0. The van der Waals surface area contributed by atoms with Crippen molar-refractivity contribution in [1.82, 2.24) is 0 Å². The van der Waals surface area contributed by atoms with Crippen molar-refractivity contribution in [3.63, 3.8) is 0 Å². The number of para-hydroxylation sites is 1. The van der Waals surface area contributed by atoms with Gasteiger partial charge in [-0.05, 0) is 23.6 Å². The van der Waals surface area contributed by atoms with Crippen LogP contribution < -0.4 is 4.74 Å². The molecule has 0 radical (unpaired) electrons. The Hall–Kier alpha value is -1.03. The van der Waals surface area contributed by atoms with Crippen LogP contribution >= 0.6 is 22.9 Å². The van der Waals surface area contributed by atoms with Crippen LogP contribution in [0.5, 0.6) is 5.75 Å². The number of hydrogen-bond donors (Lipinski definition) is 1. The van der Waals surface area contributed by atoms with Gasteiger partial charge in [0.1, 0.15) is 5.75 Å². The van der Waals surface area contributed by atoms with E-state index in [2.05, 4.69) is 0 Å². The van der Waals surface area contributed by atoms with Crippen LogP contribution in [0, 0.1) is 0 Å². The van der Waals surface area contributed by atoms with Gasteiger partial charge in [0.05, 0.1) is 22.6 Å². The van der Waals surface area contributed by atoms with Gasteiger partial charge in [0, 0.05) is 6.42 Å². The van der Waals surface area contributed by atoms with Crippen LogP contribution in [0.4, 0.5) is 0 Å². The Balaban J connectivity index is 1.81. The summed E-state index contributed by atoms with van der Waals surface area (Å²) in [6.07, 6.45) is -0.0130. The van der Waals surface area contributed by atoms with Crippen molar-refractivity contribution in [1.29, 1.82) is 0 Å². The van der Waals surface area contributed by atoms with E-state index in [0.29, 0.717) is 18.1 Å². The molecule has 0 saturated carbocycles. The molecule has 1 unspecified atom stereocenters. The quantitative estimate of drug-likeness (QED) is 0.891. The molecule has 2 nitrogen and oxygen atoms in total. The number of aliphatic hydroxyl groups excluding tert-OH is 1. The predicted octanol–water partition coefficient (Wildman–Crippen LogP) is 3.90.